The molecule has 1 N–H and O–H groups in total. The van der Waals surface area contributed by atoms with E-state index in [0.29, 0.717) is 0 Å². The van der Waals surface area contributed by atoms with Crippen molar-refractivity contribution in [3.05, 3.63) is 42.1 Å². The molecular formula is C17H21NO. The molecule has 3 rings (SSSR count). The monoisotopic (exact) mass is 255 g/mol. The highest BCUT2D eigenvalue weighted by molar-refractivity contribution is 5.81. The number of pyridine rings is 1. The number of hydrogen-bond acceptors (Lipinski definition) is 2. The Kier molecular flexibility index (Phi) is 3.28. The van der Waals surface area contributed by atoms with Gasteiger partial charge < -0.3 is 5.11 Å². The fraction of sp³-hybridized carbons (Fsp3) is 0.471. The summed E-state index contributed by atoms with van der Waals surface area (Å²) in [7, 11) is 0. The first-order valence-corrected chi connectivity index (χ1v) is 7.21. The second-order valence-corrected chi connectivity index (χ2v) is 6.07. The lowest BCUT2D eigenvalue weighted by Crippen LogP contribution is -2.35. The van der Waals surface area contributed by atoms with Gasteiger partial charge in [-0.05, 0) is 49.3 Å². The standard InChI is InChI=1S/C17H21NO/c1-13-6-9-17(19,10-7-13)12-14-8-11-18-16-5-3-2-4-15(14)16/h2-5,8,11,13,19H,6-7,9-10,12H2,1H3. The minimum absolute atomic E-state index is 0.517. The number of hydrogen-bond donors (Lipinski definition) is 1. The Bertz CT molecular complexity index is 565. The van der Waals surface area contributed by atoms with Crippen LogP contribution in [0.25, 0.3) is 10.9 Å². The second-order valence-electron chi connectivity index (χ2n) is 6.07. The van der Waals surface area contributed by atoms with Crippen molar-refractivity contribution in [2.75, 3.05) is 0 Å². The first-order chi connectivity index (χ1) is 9.16. The molecule has 100 valence electrons. The summed E-state index contributed by atoms with van der Waals surface area (Å²) in [5, 5.41) is 12.0. The van der Waals surface area contributed by atoms with Crippen molar-refractivity contribution in [1.82, 2.24) is 4.98 Å². The van der Waals surface area contributed by atoms with E-state index in [2.05, 4.69) is 24.0 Å². The average molecular weight is 255 g/mol. The molecule has 0 bridgehead atoms. The fourth-order valence-corrected chi connectivity index (χ4v) is 3.14. The molecule has 0 radical (unpaired) electrons. The number of aliphatic hydroxyl groups is 1. The smallest absolute Gasteiger partial charge is 0.0704 e. The van der Waals surface area contributed by atoms with Crippen LogP contribution in [0.1, 0.15) is 38.2 Å². The van der Waals surface area contributed by atoms with Gasteiger partial charge in [0.1, 0.15) is 0 Å². The molecule has 0 unspecified atom stereocenters. The third kappa shape index (κ3) is 2.64. The van der Waals surface area contributed by atoms with Crippen LogP contribution in [0.5, 0.6) is 0 Å². The fourth-order valence-electron chi connectivity index (χ4n) is 3.14. The second kappa shape index (κ2) is 4.93. The van der Waals surface area contributed by atoms with E-state index in [4.69, 9.17) is 0 Å². The van der Waals surface area contributed by atoms with Gasteiger partial charge in [0.05, 0.1) is 11.1 Å². The van der Waals surface area contributed by atoms with Gasteiger partial charge >= 0.3 is 0 Å². The van der Waals surface area contributed by atoms with Gasteiger partial charge in [-0.2, -0.15) is 0 Å². The number of benzene rings is 1. The molecule has 1 heterocycles. The zero-order chi connectivity index (χ0) is 13.3. The highest BCUT2D eigenvalue weighted by Gasteiger charge is 2.32. The van der Waals surface area contributed by atoms with Crippen molar-refractivity contribution < 1.29 is 5.11 Å². The van der Waals surface area contributed by atoms with E-state index >= 15 is 0 Å². The summed E-state index contributed by atoms with van der Waals surface area (Å²) in [5.41, 5.74) is 1.73. The summed E-state index contributed by atoms with van der Waals surface area (Å²) in [5.74, 6) is 0.759. The first kappa shape index (κ1) is 12.6. The lowest BCUT2D eigenvalue weighted by Gasteiger charge is -2.35. The summed E-state index contributed by atoms with van der Waals surface area (Å²) >= 11 is 0. The third-order valence-corrected chi connectivity index (χ3v) is 4.46. The molecule has 0 saturated heterocycles. The van der Waals surface area contributed by atoms with E-state index in [1.54, 1.807) is 0 Å². The van der Waals surface area contributed by atoms with Crippen LogP contribution >= 0.6 is 0 Å². The van der Waals surface area contributed by atoms with Gasteiger partial charge in [0.2, 0.25) is 0 Å². The predicted molar refractivity (Wildman–Crippen MR) is 78.0 cm³/mol. The quantitative estimate of drug-likeness (QED) is 0.887. The minimum atomic E-state index is -0.517. The molecule has 0 spiro atoms. The zero-order valence-corrected chi connectivity index (χ0v) is 11.5. The van der Waals surface area contributed by atoms with Crippen LogP contribution in [0.2, 0.25) is 0 Å². The van der Waals surface area contributed by atoms with E-state index in [1.165, 1.54) is 10.9 Å². The first-order valence-electron chi connectivity index (χ1n) is 7.21. The van der Waals surface area contributed by atoms with Gasteiger partial charge in [-0.3, -0.25) is 4.98 Å². The highest BCUT2D eigenvalue weighted by Crippen LogP contribution is 2.35. The lowest BCUT2D eigenvalue weighted by atomic mass is 9.76. The van der Waals surface area contributed by atoms with Gasteiger partial charge in [0.25, 0.3) is 0 Å². The van der Waals surface area contributed by atoms with Crippen molar-refractivity contribution in [2.24, 2.45) is 5.92 Å². The Hall–Kier alpha value is -1.41. The molecule has 0 atom stereocenters. The molecule has 19 heavy (non-hydrogen) atoms. The highest BCUT2D eigenvalue weighted by atomic mass is 16.3. The average Bonchev–Trinajstić information content (AvgIpc) is 2.43. The Morgan fingerprint density at radius 1 is 1.21 bits per heavy atom. The molecule has 0 aliphatic heterocycles. The maximum atomic E-state index is 10.8. The predicted octanol–water partition coefficient (Wildman–Crippen LogP) is 3.72. The summed E-state index contributed by atoms with van der Waals surface area (Å²) in [4.78, 5) is 4.39. The molecule has 1 saturated carbocycles. The Labute approximate surface area is 114 Å². The Morgan fingerprint density at radius 2 is 1.95 bits per heavy atom. The number of rotatable bonds is 2. The molecule has 1 aliphatic rings. The normalized spacial score (nSPS) is 27.6. The van der Waals surface area contributed by atoms with Crippen molar-refractivity contribution >= 4 is 10.9 Å². The van der Waals surface area contributed by atoms with Gasteiger partial charge in [0.15, 0.2) is 0 Å². The van der Waals surface area contributed by atoms with Crippen molar-refractivity contribution in [2.45, 2.75) is 44.6 Å². The summed E-state index contributed by atoms with van der Waals surface area (Å²) in [6.45, 7) is 2.28. The third-order valence-electron chi connectivity index (χ3n) is 4.46. The summed E-state index contributed by atoms with van der Waals surface area (Å²) < 4.78 is 0. The number of fused-ring (bicyclic) bond motifs is 1. The number of para-hydroxylation sites is 1. The molecule has 0 amide bonds. The van der Waals surface area contributed by atoms with Crippen LogP contribution in [0.4, 0.5) is 0 Å². The molecule has 1 aromatic carbocycles. The van der Waals surface area contributed by atoms with E-state index < -0.39 is 5.60 Å². The molecule has 2 nitrogen and oxygen atoms in total. The zero-order valence-electron chi connectivity index (χ0n) is 11.5. The molecular weight excluding hydrogens is 234 g/mol. The SMILES string of the molecule is CC1CCC(O)(Cc2ccnc3ccccc23)CC1. The van der Waals surface area contributed by atoms with Gasteiger partial charge in [-0.1, -0.05) is 25.1 Å². The minimum Gasteiger partial charge on any atom is -0.390 e. The molecule has 2 heteroatoms. The Balaban J connectivity index is 1.89. The van der Waals surface area contributed by atoms with Crippen LogP contribution < -0.4 is 0 Å². The largest absolute Gasteiger partial charge is 0.390 e. The van der Waals surface area contributed by atoms with Crippen LogP contribution in [-0.2, 0) is 6.42 Å². The van der Waals surface area contributed by atoms with Gasteiger partial charge in [-0.15, -0.1) is 0 Å². The summed E-state index contributed by atoms with van der Waals surface area (Å²) in [6, 6.07) is 10.2. The van der Waals surface area contributed by atoms with Gasteiger partial charge in [0, 0.05) is 18.0 Å². The summed E-state index contributed by atoms with van der Waals surface area (Å²) in [6.07, 6.45) is 6.73. The van der Waals surface area contributed by atoms with Crippen LogP contribution in [-0.4, -0.2) is 15.7 Å². The van der Waals surface area contributed by atoms with Crippen molar-refractivity contribution in [3.63, 3.8) is 0 Å². The van der Waals surface area contributed by atoms with E-state index in [-0.39, 0.29) is 0 Å². The number of aromatic nitrogens is 1. The van der Waals surface area contributed by atoms with Crippen LogP contribution in [0, 0.1) is 5.92 Å². The molecule has 1 fully saturated rings. The maximum absolute atomic E-state index is 10.8. The number of nitrogens with zero attached hydrogens (tertiary/aromatic N) is 1. The topological polar surface area (TPSA) is 33.1 Å². The molecule has 1 aromatic heterocycles. The van der Waals surface area contributed by atoms with Gasteiger partial charge in [-0.25, -0.2) is 0 Å². The van der Waals surface area contributed by atoms with E-state index in [9.17, 15) is 5.11 Å². The molecule has 1 aliphatic carbocycles. The van der Waals surface area contributed by atoms with E-state index in [0.717, 1.165) is 43.5 Å². The van der Waals surface area contributed by atoms with E-state index in [1.807, 2.05) is 24.4 Å². The Morgan fingerprint density at radius 3 is 2.74 bits per heavy atom. The van der Waals surface area contributed by atoms with Crippen LogP contribution in [0.3, 0.4) is 0 Å². The molecule has 2 aromatic rings. The van der Waals surface area contributed by atoms with Crippen LogP contribution in [0.15, 0.2) is 36.5 Å². The maximum Gasteiger partial charge on any atom is 0.0704 e. The van der Waals surface area contributed by atoms with Crippen molar-refractivity contribution in [3.8, 4) is 0 Å². The van der Waals surface area contributed by atoms with Crippen molar-refractivity contribution in [1.29, 1.82) is 0 Å². The lowest BCUT2D eigenvalue weighted by molar-refractivity contribution is -0.00641.